The first-order valence-corrected chi connectivity index (χ1v) is 9.37. The van der Waals surface area contributed by atoms with E-state index in [1.165, 1.54) is 24.3 Å². The monoisotopic (exact) mass is 409 g/mol. The molecule has 1 unspecified atom stereocenters. The number of benzene rings is 1. The number of hydrogen-bond acceptors (Lipinski definition) is 1. The van der Waals surface area contributed by atoms with Crippen LogP contribution in [-0.2, 0) is 11.8 Å². The van der Waals surface area contributed by atoms with Crippen LogP contribution in [-0.4, -0.2) is 21.9 Å². The summed E-state index contributed by atoms with van der Waals surface area (Å²) in [6.45, 7) is 7.10. The van der Waals surface area contributed by atoms with Crippen molar-refractivity contribution in [2.24, 2.45) is 0 Å². The molecule has 2 rings (SSSR count). The van der Waals surface area contributed by atoms with E-state index in [-0.39, 0.29) is 5.69 Å². The fourth-order valence-corrected chi connectivity index (χ4v) is 3.32. The molecule has 2 aromatic rings. The molecular weight excluding hydrogens is 382 g/mol. The van der Waals surface area contributed by atoms with Gasteiger partial charge in [-0.15, -0.1) is 0 Å². The molecular formula is C23H27F4NO. The first kappa shape index (κ1) is 22.9. The van der Waals surface area contributed by atoms with Gasteiger partial charge in [0.1, 0.15) is 5.82 Å². The van der Waals surface area contributed by atoms with Crippen LogP contribution in [0.25, 0.3) is 6.08 Å². The van der Waals surface area contributed by atoms with Gasteiger partial charge in [-0.3, -0.25) is 0 Å². The molecule has 2 nitrogen and oxygen atoms in total. The largest absolute Gasteiger partial charge is 0.417 e. The molecule has 0 amide bonds. The number of allylic oxidation sites excluding steroid dienone is 3. The summed E-state index contributed by atoms with van der Waals surface area (Å²) in [5, 5.41) is 10.7. The minimum atomic E-state index is -4.83. The van der Waals surface area contributed by atoms with E-state index in [1.54, 1.807) is 38.1 Å². The maximum atomic E-state index is 13.9. The zero-order valence-corrected chi connectivity index (χ0v) is 17.1. The van der Waals surface area contributed by atoms with E-state index in [4.69, 9.17) is 0 Å². The first-order valence-electron chi connectivity index (χ1n) is 9.37. The third-order valence-corrected chi connectivity index (χ3v) is 4.84. The van der Waals surface area contributed by atoms with E-state index >= 15 is 0 Å². The summed E-state index contributed by atoms with van der Waals surface area (Å²) in [7, 11) is 0. The molecule has 0 aliphatic carbocycles. The summed E-state index contributed by atoms with van der Waals surface area (Å²) in [4.78, 5) is 2.92. The second kappa shape index (κ2) is 8.57. The third kappa shape index (κ3) is 6.07. The van der Waals surface area contributed by atoms with Crippen molar-refractivity contribution >= 4 is 6.08 Å². The molecule has 1 aromatic heterocycles. The maximum absolute atomic E-state index is 13.9. The van der Waals surface area contributed by atoms with Gasteiger partial charge < -0.3 is 10.1 Å². The Morgan fingerprint density at radius 3 is 2.21 bits per heavy atom. The lowest BCUT2D eigenvalue weighted by Crippen LogP contribution is -2.50. The van der Waals surface area contributed by atoms with Crippen LogP contribution in [0.2, 0.25) is 0 Å². The lowest BCUT2D eigenvalue weighted by atomic mass is 9.73. The summed E-state index contributed by atoms with van der Waals surface area (Å²) < 4.78 is 54.7. The standard InChI is InChI=1S/C23H27F4NO/c1-16(2)6-5-7-19-12-13-20(28-19)14-22(29,23(25,26)27)15-21(3,4)17-8-10-18(24)11-9-17/h5-13,28-29H,14-15H2,1-4H3/b7-5-. The zero-order chi connectivity index (χ0) is 21.9. The molecule has 0 aliphatic rings. The highest BCUT2D eigenvalue weighted by atomic mass is 19.4. The quantitative estimate of drug-likeness (QED) is 0.406. The first-order chi connectivity index (χ1) is 13.3. The van der Waals surface area contributed by atoms with E-state index in [2.05, 4.69) is 4.98 Å². The van der Waals surface area contributed by atoms with Gasteiger partial charge >= 0.3 is 6.18 Å². The van der Waals surface area contributed by atoms with Gasteiger partial charge in [0.05, 0.1) is 0 Å². The molecule has 0 aliphatic heterocycles. The fourth-order valence-electron chi connectivity index (χ4n) is 3.32. The molecule has 0 spiro atoms. The van der Waals surface area contributed by atoms with Crippen molar-refractivity contribution in [1.29, 1.82) is 0 Å². The minimum Gasteiger partial charge on any atom is -0.380 e. The van der Waals surface area contributed by atoms with Crippen LogP contribution in [0.5, 0.6) is 0 Å². The molecule has 1 heterocycles. The summed E-state index contributed by atoms with van der Waals surface area (Å²) in [5.74, 6) is -0.462. The van der Waals surface area contributed by atoms with Gasteiger partial charge in [0.2, 0.25) is 0 Å². The average molecular weight is 409 g/mol. The Morgan fingerprint density at radius 1 is 1.03 bits per heavy atom. The highest BCUT2D eigenvalue weighted by Gasteiger charge is 2.55. The summed E-state index contributed by atoms with van der Waals surface area (Å²) in [6, 6.07) is 8.54. The smallest absolute Gasteiger partial charge is 0.380 e. The summed E-state index contributed by atoms with van der Waals surface area (Å²) >= 11 is 0. The van der Waals surface area contributed by atoms with Crippen molar-refractivity contribution < 1.29 is 22.7 Å². The molecule has 0 radical (unpaired) electrons. The van der Waals surface area contributed by atoms with Crippen LogP contribution in [0.1, 0.15) is 51.1 Å². The highest BCUT2D eigenvalue weighted by molar-refractivity contribution is 5.48. The number of aliphatic hydroxyl groups is 1. The number of H-pyrrole nitrogens is 1. The Labute approximate surface area is 169 Å². The lowest BCUT2D eigenvalue weighted by Gasteiger charge is -2.38. The van der Waals surface area contributed by atoms with E-state index in [0.717, 1.165) is 5.57 Å². The molecule has 1 atom stereocenters. The van der Waals surface area contributed by atoms with Crippen molar-refractivity contribution in [3.8, 4) is 0 Å². The van der Waals surface area contributed by atoms with Gasteiger partial charge in [-0.1, -0.05) is 43.7 Å². The summed E-state index contributed by atoms with van der Waals surface area (Å²) in [5.41, 5.74) is -1.38. The van der Waals surface area contributed by atoms with Crippen molar-refractivity contribution in [2.75, 3.05) is 0 Å². The van der Waals surface area contributed by atoms with Crippen LogP contribution in [0.4, 0.5) is 17.6 Å². The normalized spacial score (nSPS) is 14.8. The Balaban J connectivity index is 2.27. The van der Waals surface area contributed by atoms with E-state index in [9.17, 15) is 22.7 Å². The second-order valence-electron chi connectivity index (χ2n) is 8.32. The van der Waals surface area contributed by atoms with Crippen LogP contribution >= 0.6 is 0 Å². The number of aromatic nitrogens is 1. The van der Waals surface area contributed by atoms with Gasteiger partial charge in [0, 0.05) is 17.8 Å². The number of alkyl halides is 3. The van der Waals surface area contributed by atoms with Crippen molar-refractivity contribution in [2.45, 2.75) is 57.7 Å². The van der Waals surface area contributed by atoms with Crippen LogP contribution in [0, 0.1) is 5.82 Å². The average Bonchev–Trinajstić information content (AvgIpc) is 3.00. The summed E-state index contributed by atoms with van der Waals surface area (Å²) in [6.07, 6.45) is -0.538. The van der Waals surface area contributed by atoms with Crippen LogP contribution in [0.15, 0.2) is 54.1 Å². The molecule has 0 saturated carbocycles. The molecule has 1 aromatic carbocycles. The number of halogens is 4. The van der Waals surface area contributed by atoms with Crippen molar-refractivity contribution in [1.82, 2.24) is 4.98 Å². The molecule has 0 bridgehead atoms. The molecule has 0 fully saturated rings. The van der Waals surface area contributed by atoms with Crippen LogP contribution < -0.4 is 0 Å². The SMILES string of the molecule is CC(C)=C/C=C\c1ccc(CC(O)(CC(C)(C)c2ccc(F)cc2)C(F)(F)F)[nH]1. The highest BCUT2D eigenvalue weighted by Crippen LogP contribution is 2.42. The zero-order valence-electron chi connectivity index (χ0n) is 17.1. The Kier molecular flexibility index (Phi) is 6.78. The predicted octanol–water partition coefficient (Wildman–Crippen LogP) is 6.34. The number of hydrogen-bond donors (Lipinski definition) is 2. The molecule has 29 heavy (non-hydrogen) atoms. The van der Waals surface area contributed by atoms with E-state index < -0.39 is 35.9 Å². The Bertz CT molecular complexity index is 871. The maximum Gasteiger partial charge on any atom is 0.417 e. The predicted molar refractivity (Wildman–Crippen MR) is 108 cm³/mol. The van der Waals surface area contributed by atoms with Gasteiger partial charge in [-0.2, -0.15) is 13.2 Å². The number of nitrogens with one attached hydrogen (secondary N) is 1. The number of rotatable bonds is 7. The van der Waals surface area contributed by atoms with E-state index in [0.29, 0.717) is 11.3 Å². The van der Waals surface area contributed by atoms with Gasteiger partial charge in [-0.05, 0) is 61.6 Å². The third-order valence-electron chi connectivity index (χ3n) is 4.84. The minimum absolute atomic E-state index is 0.289. The van der Waals surface area contributed by atoms with E-state index in [1.807, 2.05) is 19.9 Å². The Morgan fingerprint density at radius 2 is 1.66 bits per heavy atom. The van der Waals surface area contributed by atoms with Gasteiger partial charge in [-0.25, -0.2) is 4.39 Å². The van der Waals surface area contributed by atoms with Gasteiger partial charge in [0.15, 0.2) is 5.60 Å². The van der Waals surface area contributed by atoms with Crippen molar-refractivity contribution in [3.05, 3.63) is 76.9 Å². The topological polar surface area (TPSA) is 36.0 Å². The lowest BCUT2D eigenvalue weighted by molar-refractivity contribution is -0.266. The van der Waals surface area contributed by atoms with Crippen LogP contribution in [0.3, 0.4) is 0 Å². The van der Waals surface area contributed by atoms with Gasteiger partial charge in [0.25, 0.3) is 0 Å². The second-order valence-corrected chi connectivity index (χ2v) is 8.32. The number of aromatic amines is 1. The van der Waals surface area contributed by atoms with Crippen molar-refractivity contribution in [3.63, 3.8) is 0 Å². The Hall–Kier alpha value is -2.34. The molecule has 158 valence electrons. The molecule has 2 N–H and O–H groups in total. The molecule has 0 saturated heterocycles. The molecule has 6 heteroatoms. The fraction of sp³-hybridized carbons (Fsp3) is 0.391.